The first kappa shape index (κ1) is 14.9. The van der Waals surface area contributed by atoms with Gasteiger partial charge >= 0.3 is 5.97 Å². The first-order valence-corrected chi connectivity index (χ1v) is 6.06. The number of carboxylic acid groups (broad SMARTS) is 1. The number of carbonyl (C=O) groups is 2. The van der Waals surface area contributed by atoms with Gasteiger partial charge in [0.2, 0.25) is 0 Å². The van der Waals surface area contributed by atoms with Gasteiger partial charge in [-0.15, -0.1) is 10.2 Å². The number of anilines is 1. The summed E-state index contributed by atoms with van der Waals surface area (Å²) < 4.78 is 0. The molecule has 0 aliphatic rings. The second-order valence-electron chi connectivity index (χ2n) is 4.28. The zero-order valence-electron chi connectivity index (χ0n) is 11.2. The summed E-state index contributed by atoms with van der Waals surface area (Å²) in [6, 6.07) is 3.03. The van der Waals surface area contributed by atoms with Gasteiger partial charge in [0.05, 0.1) is 0 Å². The molecule has 0 fully saturated rings. The van der Waals surface area contributed by atoms with E-state index in [9.17, 15) is 9.59 Å². The molecule has 0 spiro atoms. The molecule has 0 aliphatic heterocycles. The Kier molecular flexibility index (Phi) is 4.80. The molecule has 3 N–H and O–H groups in total. The van der Waals surface area contributed by atoms with Crippen molar-refractivity contribution in [1.82, 2.24) is 15.5 Å². The van der Waals surface area contributed by atoms with Gasteiger partial charge in [-0.1, -0.05) is 6.92 Å². The van der Waals surface area contributed by atoms with E-state index in [0.717, 1.165) is 0 Å². The van der Waals surface area contributed by atoms with Crippen molar-refractivity contribution in [3.05, 3.63) is 17.8 Å². The third-order valence-electron chi connectivity index (χ3n) is 2.82. The summed E-state index contributed by atoms with van der Waals surface area (Å²) in [6.07, 6.45) is 0.391. The molecule has 0 bridgehead atoms. The lowest BCUT2D eigenvalue weighted by Gasteiger charge is -2.24. The van der Waals surface area contributed by atoms with Gasteiger partial charge in [0.15, 0.2) is 5.69 Å². The van der Waals surface area contributed by atoms with E-state index in [2.05, 4.69) is 20.8 Å². The summed E-state index contributed by atoms with van der Waals surface area (Å²) in [7, 11) is 0. The van der Waals surface area contributed by atoms with E-state index in [1.807, 2.05) is 0 Å². The predicted octanol–water partition coefficient (Wildman–Crippen LogP) is 0.891. The zero-order valence-corrected chi connectivity index (χ0v) is 11.2. The number of carbonyl (C=O) groups excluding carboxylic acids is 1. The van der Waals surface area contributed by atoms with Crippen LogP contribution >= 0.6 is 0 Å². The Balaban J connectivity index is 2.82. The number of amides is 1. The maximum atomic E-state index is 11.5. The van der Waals surface area contributed by atoms with Crippen molar-refractivity contribution in [3.63, 3.8) is 0 Å². The summed E-state index contributed by atoms with van der Waals surface area (Å²) in [5, 5.41) is 22.1. The van der Waals surface area contributed by atoms with E-state index in [1.165, 1.54) is 12.1 Å². The zero-order chi connectivity index (χ0) is 14.5. The molecule has 0 aliphatic carbocycles. The number of carboxylic acids is 1. The van der Waals surface area contributed by atoms with Crippen molar-refractivity contribution in [2.24, 2.45) is 0 Å². The van der Waals surface area contributed by atoms with E-state index in [0.29, 0.717) is 18.8 Å². The third kappa shape index (κ3) is 3.64. The highest BCUT2D eigenvalue weighted by Crippen LogP contribution is 2.16. The van der Waals surface area contributed by atoms with Gasteiger partial charge in [-0.05, 0) is 32.4 Å². The van der Waals surface area contributed by atoms with E-state index < -0.39 is 11.5 Å². The average Bonchev–Trinajstić information content (AvgIpc) is 2.39. The maximum Gasteiger partial charge on any atom is 0.329 e. The molecule has 104 valence electrons. The highest BCUT2D eigenvalue weighted by molar-refractivity contribution is 5.92. The Hall–Kier alpha value is -2.18. The SMILES string of the molecule is CCNC(=O)c1ccc(NC(C)(CC)C(=O)O)nn1. The topological polar surface area (TPSA) is 104 Å². The molecular formula is C12H18N4O3. The van der Waals surface area contributed by atoms with Crippen LogP contribution in [0.3, 0.4) is 0 Å². The summed E-state index contributed by atoms with van der Waals surface area (Å²) in [6.45, 7) is 5.64. The van der Waals surface area contributed by atoms with E-state index in [1.54, 1.807) is 20.8 Å². The molecule has 0 radical (unpaired) electrons. The fraction of sp³-hybridized carbons (Fsp3) is 0.500. The molecule has 1 aromatic rings. The van der Waals surface area contributed by atoms with Crippen LogP contribution in [0.5, 0.6) is 0 Å². The van der Waals surface area contributed by atoms with Crippen LogP contribution in [-0.4, -0.2) is 39.3 Å². The molecule has 7 nitrogen and oxygen atoms in total. The second kappa shape index (κ2) is 6.12. The lowest BCUT2D eigenvalue weighted by atomic mass is 9.99. The number of aromatic nitrogens is 2. The minimum atomic E-state index is -1.11. The van der Waals surface area contributed by atoms with Crippen molar-refractivity contribution >= 4 is 17.7 Å². The predicted molar refractivity (Wildman–Crippen MR) is 70.0 cm³/mol. The lowest BCUT2D eigenvalue weighted by Crippen LogP contribution is -2.43. The van der Waals surface area contributed by atoms with Crippen LogP contribution in [-0.2, 0) is 4.79 Å². The van der Waals surface area contributed by atoms with Crippen molar-refractivity contribution in [3.8, 4) is 0 Å². The van der Waals surface area contributed by atoms with Crippen LogP contribution in [0.15, 0.2) is 12.1 Å². The first-order chi connectivity index (χ1) is 8.92. The molecule has 1 atom stereocenters. The standard InChI is InChI=1S/C12H18N4O3/c1-4-12(3,11(18)19)14-9-7-6-8(15-16-9)10(17)13-5-2/h6-7H,4-5H2,1-3H3,(H,13,17)(H,14,16)(H,18,19). The van der Waals surface area contributed by atoms with Gasteiger partial charge in [-0.3, -0.25) is 4.79 Å². The first-order valence-electron chi connectivity index (χ1n) is 6.06. The van der Waals surface area contributed by atoms with Crippen LogP contribution in [0.2, 0.25) is 0 Å². The Labute approximate surface area is 111 Å². The van der Waals surface area contributed by atoms with Crippen LogP contribution in [0.25, 0.3) is 0 Å². The smallest absolute Gasteiger partial charge is 0.329 e. The van der Waals surface area contributed by atoms with Crippen molar-refractivity contribution < 1.29 is 14.7 Å². The molecule has 1 unspecified atom stereocenters. The van der Waals surface area contributed by atoms with Crippen molar-refractivity contribution in [2.75, 3.05) is 11.9 Å². The Morgan fingerprint density at radius 2 is 2.00 bits per heavy atom. The molecule has 1 rings (SSSR count). The van der Waals surface area contributed by atoms with Gasteiger partial charge < -0.3 is 15.7 Å². The molecule has 0 saturated heterocycles. The van der Waals surface area contributed by atoms with Gasteiger partial charge in [0.25, 0.3) is 5.91 Å². The number of hydrogen-bond donors (Lipinski definition) is 3. The molecule has 19 heavy (non-hydrogen) atoms. The fourth-order valence-corrected chi connectivity index (χ4v) is 1.35. The number of rotatable bonds is 6. The molecule has 1 aromatic heterocycles. The lowest BCUT2D eigenvalue weighted by molar-refractivity contribution is -0.141. The fourth-order valence-electron chi connectivity index (χ4n) is 1.35. The highest BCUT2D eigenvalue weighted by atomic mass is 16.4. The van der Waals surface area contributed by atoms with Crippen molar-refractivity contribution in [1.29, 1.82) is 0 Å². The van der Waals surface area contributed by atoms with E-state index >= 15 is 0 Å². The Morgan fingerprint density at radius 1 is 1.32 bits per heavy atom. The number of nitrogens with zero attached hydrogens (tertiary/aromatic N) is 2. The number of hydrogen-bond acceptors (Lipinski definition) is 5. The summed E-state index contributed by atoms with van der Waals surface area (Å²) in [5.41, 5.74) is -0.914. The van der Waals surface area contributed by atoms with Gasteiger partial charge in [-0.2, -0.15) is 0 Å². The van der Waals surface area contributed by atoms with Gasteiger partial charge in [-0.25, -0.2) is 4.79 Å². The van der Waals surface area contributed by atoms with Crippen LogP contribution < -0.4 is 10.6 Å². The number of aliphatic carboxylic acids is 1. The largest absolute Gasteiger partial charge is 0.480 e. The minimum Gasteiger partial charge on any atom is -0.480 e. The highest BCUT2D eigenvalue weighted by Gasteiger charge is 2.31. The van der Waals surface area contributed by atoms with Gasteiger partial charge in [0, 0.05) is 6.54 Å². The van der Waals surface area contributed by atoms with Gasteiger partial charge in [0.1, 0.15) is 11.4 Å². The molecule has 1 heterocycles. The van der Waals surface area contributed by atoms with Crippen LogP contribution in [0, 0.1) is 0 Å². The van der Waals surface area contributed by atoms with E-state index in [-0.39, 0.29) is 11.6 Å². The molecule has 7 heteroatoms. The summed E-state index contributed by atoms with van der Waals surface area (Å²) >= 11 is 0. The number of nitrogens with one attached hydrogen (secondary N) is 2. The summed E-state index contributed by atoms with van der Waals surface area (Å²) in [4.78, 5) is 22.6. The molecule has 0 saturated carbocycles. The third-order valence-corrected chi connectivity index (χ3v) is 2.82. The monoisotopic (exact) mass is 266 g/mol. The van der Waals surface area contributed by atoms with Crippen molar-refractivity contribution in [2.45, 2.75) is 32.7 Å². The quantitative estimate of drug-likeness (QED) is 0.706. The molecular weight excluding hydrogens is 248 g/mol. The Morgan fingerprint density at radius 3 is 2.42 bits per heavy atom. The second-order valence-corrected chi connectivity index (χ2v) is 4.28. The molecule has 0 aromatic carbocycles. The average molecular weight is 266 g/mol. The normalized spacial score (nSPS) is 13.4. The Bertz CT molecular complexity index is 461. The maximum absolute atomic E-state index is 11.5. The van der Waals surface area contributed by atoms with E-state index in [4.69, 9.17) is 5.11 Å². The minimum absolute atomic E-state index is 0.195. The van der Waals surface area contributed by atoms with Crippen LogP contribution in [0.1, 0.15) is 37.7 Å². The summed E-state index contributed by atoms with van der Waals surface area (Å²) in [5.74, 6) is -0.956. The van der Waals surface area contributed by atoms with Crippen LogP contribution in [0.4, 0.5) is 5.82 Å². The molecule has 1 amide bonds.